The average molecular weight is 299 g/mol. The van der Waals surface area contributed by atoms with Gasteiger partial charge in [-0.3, -0.25) is 9.59 Å². The van der Waals surface area contributed by atoms with E-state index in [0.29, 0.717) is 10.6 Å². The van der Waals surface area contributed by atoms with Gasteiger partial charge in [0.15, 0.2) is 5.78 Å². The van der Waals surface area contributed by atoms with Crippen molar-refractivity contribution in [1.29, 1.82) is 0 Å². The summed E-state index contributed by atoms with van der Waals surface area (Å²) in [6, 6.07) is 6.77. The van der Waals surface area contributed by atoms with E-state index in [1.54, 1.807) is 31.2 Å². The van der Waals surface area contributed by atoms with Crippen LogP contribution in [0.3, 0.4) is 0 Å². The van der Waals surface area contributed by atoms with Crippen molar-refractivity contribution in [1.82, 2.24) is 0 Å². The Morgan fingerprint density at radius 1 is 1.21 bits per heavy atom. The minimum atomic E-state index is -0.289. The molecule has 0 saturated carbocycles. The first-order valence-electron chi connectivity index (χ1n) is 6.16. The molecule has 0 aliphatic carbocycles. The van der Waals surface area contributed by atoms with Gasteiger partial charge in [0.25, 0.3) is 0 Å². The number of ketones is 2. The molecule has 0 spiro atoms. The molecule has 0 radical (unpaired) electrons. The van der Waals surface area contributed by atoms with Gasteiger partial charge in [0.1, 0.15) is 5.78 Å². The fourth-order valence-electron chi connectivity index (χ4n) is 1.62. The Morgan fingerprint density at radius 3 is 2.16 bits per heavy atom. The molecular formula is C15H19ClO2S. The van der Waals surface area contributed by atoms with E-state index in [4.69, 9.17) is 11.6 Å². The second kappa shape index (κ2) is 6.58. The number of Topliss-reactive ketones (excluding diaryl/α,β-unsaturated/α-hetero) is 2. The summed E-state index contributed by atoms with van der Waals surface area (Å²) < 4.78 is -0.0450. The van der Waals surface area contributed by atoms with Gasteiger partial charge in [-0.15, -0.1) is 11.8 Å². The molecule has 0 heterocycles. The topological polar surface area (TPSA) is 34.1 Å². The van der Waals surface area contributed by atoms with E-state index in [0.717, 1.165) is 0 Å². The van der Waals surface area contributed by atoms with Crippen molar-refractivity contribution in [3.8, 4) is 0 Å². The van der Waals surface area contributed by atoms with Crippen LogP contribution in [0.25, 0.3) is 0 Å². The summed E-state index contributed by atoms with van der Waals surface area (Å²) in [4.78, 5) is 23.8. The molecule has 19 heavy (non-hydrogen) atoms. The van der Waals surface area contributed by atoms with Crippen LogP contribution < -0.4 is 0 Å². The van der Waals surface area contributed by atoms with E-state index in [1.165, 1.54) is 11.8 Å². The third-order valence-corrected chi connectivity index (χ3v) is 4.23. The van der Waals surface area contributed by atoms with Crippen LogP contribution in [0, 0.1) is 0 Å². The molecule has 1 rings (SSSR count). The number of hydrogen-bond acceptors (Lipinski definition) is 3. The van der Waals surface area contributed by atoms with Crippen LogP contribution >= 0.6 is 23.4 Å². The van der Waals surface area contributed by atoms with Gasteiger partial charge in [0.2, 0.25) is 0 Å². The first-order chi connectivity index (χ1) is 8.69. The van der Waals surface area contributed by atoms with Crippen molar-refractivity contribution in [3.63, 3.8) is 0 Å². The first kappa shape index (κ1) is 16.3. The van der Waals surface area contributed by atoms with Crippen LogP contribution in [0.15, 0.2) is 24.3 Å². The molecule has 0 bridgehead atoms. The molecule has 4 heteroatoms. The summed E-state index contributed by atoms with van der Waals surface area (Å²) in [7, 11) is 0. The summed E-state index contributed by atoms with van der Waals surface area (Å²) in [6.07, 6.45) is 0.235. The number of benzene rings is 1. The highest BCUT2D eigenvalue weighted by Crippen LogP contribution is 2.31. The molecule has 0 N–H and O–H groups in total. The van der Waals surface area contributed by atoms with E-state index in [-0.39, 0.29) is 28.0 Å². The summed E-state index contributed by atoms with van der Waals surface area (Å²) in [5.41, 5.74) is 0.602. The van der Waals surface area contributed by atoms with E-state index in [2.05, 4.69) is 0 Å². The number of hydrogen-bond donors (Lipinski definition) is 0. The number of carbonyl (C=O) groups is 2. The van der Waals surface area contributed by atoms with Crippen LogP contribution in [0.1, 0.15) is 44.5 Å². The Bertz CT molecular complexity index is 460. The van der Waals surface area contributed by atoms with E-state index < -0.39 is 0 Å². The van der Waals surface area contributed by atoms with Crippen molar-refractivity contribution in [2.24, 2.45) is 0 Å². The molecule has 0 amide bonds. The van der Waals surface area contributed by atoms with E-state index in [1.807, 2.05) is 20.8 Å². The molecule has 1 aromatic carbocycles. The third-order valence-electron chi connectivity index (χ3n) is 2.49. The second-order valence-electron chi connectivity index (χ2n) is 5.46. The molecule has 0 saturated heterocycles. The molecule has 0 aliphatic rings. The minimum Gasteiger partial charge on any atom is -0.299 e. The molecule has 0 unspecified atom stereocenters. The molecule has 0 aliphatic heterocycles. The zero-order chi connectivity index (χ0) is 14.6. The highest BCUT2D eigenvalue weighted by atomic mass is 35.5. The van der Waals surface area contributed by atoms with Crippen LogP contribution in [0.2, 0.25) is 5.02 Å². The quantitative estimate of drug-likeness (QED) is 0.756. The highest BCUT2D eigenvalue weighted by Gasteiger charge is 2.25. The fraction of sp³-hybridized carbons (Fsp3) is 0.467. The summed E-state index contributed by atoms with van der Waals surface area (Å²) >= 11 is 7.33. The minimum absolute atomic E-state index is 0.0198. The monoisotopic (exact) mass is 298 g/mol. The Kier molecular flexibility index (Phi) is 5.63. The Morgan fingerprint density at radius 2 is 1.74 bits per heavy atom. The zero-order valence-electron chi connectivity index (χ0n) is 11.7. The third kappa shape index (κ3) is 5.79. The smallest absolute Gasteiger partial charge is 0.164 e. The maximum atomic E-state index is 12.1. The van der Waals surface area contributed by atoms with Gasteiger partial charge in [-0.2, -0.15) is 0 Å². The highest BCUT2D eigenvalue weighted by molar-refractivity contribution is 8.01. The lowest BCUT2D eigenvalue weighted by molar-refractivity contribution is -0.116. The van der Waals surface area contributed by atoms with Gasteiger partial charge < -0.3 is 0 Å². The second-order valence-corrected chi connectivity index (χ2v) is 7.93. The SMILES string of the molecule is CC(=O)[C@H](CC(=O)c1ccc(Cl)cc1)SC(C)(C)C. The standard InChI is InChI=1S/C15H19ClO2S/c1-10(17)14(19-15(2,3)4)9-13(18)11-5-7-12(16)8-6-11/h5-8,14H,9H2,1-4H3/t14-/m0/s1. The molecule has 2 nitrogen and oxygen atoms in total. The predicted octanol–water partition coefficient (Wildman–Crippen LogP) is 4.40. The van der Waals surface area contributed by atoms with Gasteiger partial charge in [-0.1, -0.05) is 32.4 Å². The van der Waals surface area contributed by atoms with Gasteiger partial charge in [0, 0.05) is 21.8 Å². The summed E-state index contributed by atoms with van der Waals surface area (Å²) in [5, 5.41) is 0.312. The van der Waals surface area contributed by atoms with Crippen LogP contribution in [-0.4, -0.2) is 21.6 Å². The number of halogens is 1. The summed E-state index contributed by atoms with van der Waals surface area (Å²) in [6.45, 7) is 7.67. The average Bonchev–Trinajstić information content (AvgIpc) is 2.27. The molecule has 0 fully saturated rings. The first-order valence-corrected chi connectivity index (χ1v) is 7.42. The van der Waals surface area contributed by atoms with Crippen LogP contribution in [0.4, 0.5) is 0 Å². The molecule has 104 valence electrons. The number of rotatable bonds is 5. The molecular weight excluding hydrogens is 280 g/mol. The lowest BCUT2D eigenvalue weighted by Crippen LogP contribution is -2.24. The van der Waals surface area contributed by atoms with Crippen molar-refractivity contribution < 1.29 is 9.59 Å². The maximum Gasteiger partial charge on any atom is 0.164 e. The Hall–Kier alpha value is -0.800. The van der Waals surface area contributed by atoms with Crippen molar-refractivity contribution >= 4 is 34.9 Å². The van der Waals surface area contributed by atoms with E-state index >= 15 is 0 Å². The van der Waals surface area contributed by atoms with Crippen molar-refractivity contribution in [2.75, 3.05) is 0 Å². The lowest BCUT2D eigenvalue weighted by atomic mass is 10.1. The van der Waals surface area contributed by atoms with Crippen molar-refractivity contribution in [3.05, 3.63) is 34.9 Å². The molecule has 1 aromatic rings. The summed E-state index contributed by atoms with van der Waals surface area (Å²) in [5.74, 6) is 0.0239. The van der Waals surface area contributed by atoms with Crippen LogP contribution in [-0.2, 0) is 4.79 Å². The maximum absolute atomic E-state index is 12.1. The lowest BCUT2D eigenvalue weighted by Gasteiger charge is -2.23. The van der Waals surface area contributed by atoms with Crippen molar-refractivity contribution in [2.45, 2.75) is 44.1 Å². The molecule has 1 atom stereocenters. The van der Waals surface area contributed by atoms with Gasteiger partial charge in [0.05, 0.1) is 5.25 Å². The van der Waals surface area contributed by atoms with Gasteiger partial charge in [-0.05, 0) is 31.2 Å². The van der Waals surface area contributed by atoms with Gasteiger partial charge >= 0.3 is 0 Å². The van der Waals surface area contributed by atoms with Gasteiger partial charge in [-0.25, -0.2) is 0 Å². The number of thioether (sulfide) groups is 1. The Balaban J connectivity index is 2.77. The van der Waals surface area contributed by atoms with E-state index in [9.17, 15) is 9.59 Å². The largest absolute Gasteiger partial charge is 0.299 e. The molecule has 0 aromatic heterocycles. The Labute approximate surface area is 123 Å². The fourth-order valence-corrected chi connectivity index (χ4v) is 3.00. The normalized spacial score (nSPS) is 13.1. The predicted molar refractivity (Wildman–Crippen MR) is 82.2 cm³/mol. The van der Waals surface area contributed by atoms with Crippen LogP contribution in [0.5, 0.6) is 0 Å². The zero-order valence-corrected chi connectivity index (χ0v) is 13.3. The number of carbonyl (C=O) groups excluding carboxylic acids is 2.